The highest BCUT2D eigenvalue weighted by atomic mass is 35.5. The van der Waals surface area contributed by atoms with E-state index in [0.717, 1.165) is 36.8 Å². The lowest BCUT2D eigenvalue weighted by Gasteiger charge is -2.33. The first kappa shape index (κ1) is 21.5. The fourth-order valence-corrected chi connectivity index (χ4v) is 5.39. The molecule has 32 heavy (non-hydrogen) atoms. The van der Waals surface area contributed by atoms with Gasteiger partial charge in [0.25, 0.3) is 0 Å². The van der Waals surface area contributed by atoms with Gasteiger partial charge in [0.1, 0.15) is 5.75 Å². The fraction of sp³-hybridized carbons (Fsp3) is 0.393. The van der Waals surface area contributed by atoms with E-state index >= 15 is 0 Å². The van der Waals surface area contributed by atoms with Crippen LogP contribution in [0.4, 0.5) is 0 Å². The van der Waals surface area contributed by atoms with Crippen molar-refractivity contribution in [3.63, 3.8) is 0 Å². The van der Waals surface area contributed by atoms with Gasteiger partial charge in [0.2, 0.25) is 0 Å². The van der Waals surface area contributed by atoms with Crippen LogP contribution in [0.5, 0.6) is 5.75 Å². The number of pyridine rings is 1. The maximum absolute atomic E-state index is 6.00. The molecule has 5 rings (SSSR count). The van der Waals surface area contributed by atoms with Gasteiger partial charge in [0, 0.05) is 41.5 Å². The lowest BCUT2D eigenvalue weighted by Crippen LogP contribution is -2.34. The number of likely N-dealkylation sites (tertiary alicyclic amines) is 1. The van der Waals surface area contributed by atoms with Crippen molar-refractivity contribution in [1.82, 2.24) is 9.88 Å². The molecule has 0 saturated carbocycles. The number of benzene rings is 2. The van der Waals surface area contributed by atoms with E-state index in [0.29, 0.717) is 5.92 Å². The molecule has 2 aromatic carbocycles. The Labute approximate surface area is 196 Å². The number of hydrogen-bond acceptors (Lipinski definition) is 3. The van der Waals surface area contributed by atoms with Gasteiger partial charge in [-0.1, -0.05) is 35.9 Å². The fourth-order valence-electron chi connectivity index (χ4n) is 5.27. The third-order valence-corrected chi connectivity index (χ3v) is 7.23. The number of halogens is 1. The van der Waals surface area contributed by atoms with E-state index in [9.17, 15) is 0 Å². The average Bonchev–Trinajstić information content (AvgIpc) is 3.28. The second kappa shape index (κ2) is 9.64. The van der Waals surface area contributed by atoms with Crippen LogP contribution in [0.2, 0.25) is 5.02 Å². The van der Waals surface area contributed by atoms with Crippen LogP contribution < -0.4 is 4.74 Å². The minimum atomic E-state index is 0.494. The summed E-state index contributed by atoms with van der Waals surface area (Å²) < 4.78 is 5.75. The molecule has 1 aliphatic heterocycles. The Bertz CT molecular complexity index is 1060. The summed E-state index contributed by atoms with van der Waals surface area (Å²) in [6, 6.07) is 17.2. The van der Waals surface area contributed by atoms with Gasteiger partial charge in [-0.25, -0.2) is 0 Å². The summed E-state index contributed by atoms with van der Waals surface area (Å²) in [5.74, 6) is 1.55. The molecular formula is C28H31ClN2O. The summed E-state index contributed by atoms with van der Waals surface area (Å²) in [5.41, 5.74) is 8.05. The molecule has 1 aromatic heterocycles. The van der Waals surface area contributed by atoms with E-state index in [4.69, 9.17) is 21.3 Å². The lowest BCUT2D eigenvalue weighted by molar-refractivity contribution is 0.196. The molecule has 0 bridgehead atoms. The van der Waals surface area contributed by atoms with Crippen LogP contribution in [0.15, 0.2) is 54.7 Å². The summed E-state index contributed by atoms with van der Waals surface area (Å²) in [7, 11) is 1.80. The zero-order valence-electron chi connectivity index (χ0n) is 18.8. The Morgan fingerprint density at radius 3 is 2.53 bits per heavy atom. The van der Waals surface area contributed by atoms with Gasteiger partial charge in [-0.2, -0.15) is 0 Å². The molecule has 1 fully saturated rings. The Morgan fingerprint density at radius 1 is 1.00 bits per heavy atom. The van der Waals surface area contributed by atoms with E-state index in [1.54, 1.807) is 7.11 Å². The topological polar surface area (TPSA) is 25.4 Å². The largest absolute Gasteiger partial charge is 0.496 e. The summed E-state index contributed by atoms with van der Waals surface area (Å²) in [5, 5.41) is 0.779. The molecule has 0 N–H and O–H groups in total. The smallest absolute Gasteiger partial charge is 0.123 e. The van der Waals surface area contributed by atoms with Crippen molar-refractivity contribution in [2.24, 2.45) is 0 Å². The van der Waals surface area contributed by atoms with Gasteiger partial charge < -0.3 is 4.74 Å². The number of nitrogens with zero attached hydrogens (tertiary/aromatic N) is 2. The maximum Gasteiger partial charge on any atom is 0.123 e. The number of ether oxygens (including phenoxy) is 1. The van der Waals surface area contributed by atoms with Gasteiger partial charge in [-0.3, -0.25) is 9.88 Å². The highest BCUT2D eigenvalue weighted by Crippen LogP contribution is 2.33. The molecule has 0 amide bonds. The standard InChI is InChI=1S/C28H31ClN2O/c1-32-28-16-23-5-2-4-22(23)15-25(28)19-31-13-3-6-24(18-31)27-12-9-21(17-30-27)14-20-7-10-26(29)11-8-20/h7-12,15-17,24H,2-6,13-14,18-19H2,1H3. The highest BCUT2D eigenvalue weighted by Gasteiger charge is 2.24. The summed E-state index contributed by atoms with van der Waals surface area (Å²) in [4.78, 5) is 7.44. The second-order valence-corrected chi connectivity index (χ2v) is 9.69. The summed E-state index contributed by atoms with van der Waals surface area (Å²) in [6.45, 7) is 3.16. The molecule has 1 unspecified atom stereocenters. The predicted octanol–water partition coefficient (Wildman–Crippen LogP) is 6.20. The zero-order valence-corrected chi connectivity index (χ0v) is 19.6. The van der Waals surface area contributed by atoms with Crippen LogP contribution >= 0.6 is 11.6 Å². The van der Waals surface area contributed by atoms with Crippen molar-refractivity contribution in [3.05, 3.63) is 93.3 Å². The number of rotatable bonds is 6. The van der Waals surface area contributed by atoms with Crippen molar-refractivity contribution in [2.45, 2.75) is 51.0 Å². The summed E-state index contributed by atoms with van der Waals surface area (Å²) >= 11 is 6.00. The van der Waals surface area contributed by atoms with E-state index in [1.165, 1.54) is 65.6 Å². The molecular weight excluding hydrogens is 416 g/mol. The number of aromatic nitrogens is 1. The van der Waals surface area contributed by atoms with Crippen LogP contribution in [0.3, 0.4) is 0 Å². The lowest BCUT2D eigenvalue weighted by atomic mass is 9.93. The molecule has 166 valence electrons. The predicted molar refractivity (Wildman–Crippen MR) is 131 cm³/mol. The molecule has 3 nitrogen and oxygen atoms in total. The molecule has 1 saturated heterocycles. The van der Waals surface area contributed by atoms with Gasteiger partial charge in [0.15, 0.2) is 0 Å². The number of fused-ring (bicyclic) bond motifs is 1. The SMILES string of the molecule is COc1cc2c(cc1CN1CCCC(c3ccc(Cc4ccc(Cl)cc4)cn3)C1)CCC2. The third kappa shape index (κ3) is 4.84. The molecule has 0 spiro atoms. The van der Waals surface area contributed by atoms with Crippen molar-refractivity contribution in [2.75, 3.05) is 20.2 Å². The van der Waals surface area contributed by atoms with Crippen molar-refractivity contribution >= 4 is 11.6 Å². The van der Waals surface area contributed by atoms with Crippen LogP contribution in [0.25, 0.3) is 0 Å². The van der Waals surface area contributed by atoms with Gasteiger partial charge in [-0.15, -0.1) is 0 Å². The van der Waals surface area contributed by atoms with Gasteiger partial charge in [-0.05, 0) is 91.6 Å². The average molecular weight is 447 g/mol. The molecule has 1 aliphatic carbocycles. The van der Waals surface area contributed by atoms with Crippen molar-refractivity contribution < 1.29 is 4.74 Å². The van der Waals surface area contributed by atoms with Crippen LogP contribution in [-0.4, -0.2) is 30.1 Å². The molecule has 3 aromatic rings. The quantitative estimate of drug-likeness (QED) is 0.450. The van der Waals surface area contributed by atoms with Gasteiger partial charge in [0.05, 0.1) is 7.11 Å². The minimum Gasteiger partial charge on any atom is -0.496 e. The molecule has 0 radical (unpaired) electrons. The number of methoxy groups -OCH3 is 1. The van der Waals surface area contributed by atoms with E-state index in [1.807, 2.05) is 18.3 Å². The molecule has 1 atom stereocenters. The molecule has 4 heteroatoms. The maximum atomic E-state index is 6.00. The normalized spacial score (nSPS) is 18.5. The van der Waals surface area contributed by atoms with Crippen LogP contribution in [-0.2, 0) is 25.8 Å². The zero-order chi connectivity index (χ0) is 21.9. The number of hydrogen-bond donors (Lipinski definition) is 0. The first-order valence-corrected chi connectivity index (χ1v) is 12.2. The molecule has 2 heterocycles. The Morgan fingerprint density at radius 2 is 1.78 bits per heavy atom. The van der Waals surface area contributed by atoms with E-state index < -0.39 is 0 Å². The van der Waals surface area contributed by atoms with E-state index in [-0.39, 0.29) is 0 Å². The van der Waals surface area contributed by atoms with Crippen molar-refractivity contribution in [3.8, 4) is 5.75 Å². The number of aryl methyl sites for hydroxylation is 2. The first-order chi connectivity index (χ1) is 15.7. The van der Waals surface area contributed by atoms with E-state index in [2.05, 4.69) is 41.3 Å². The third-order valence-electron chi connectivity index (χ3n) is 6.98. The Kier molecular flexibility index (Phi) is 6.47. The van der Waals surface area contributed by atoms with Crippen molar-refractivity contribution in [1.29, 1.82) is 0 Å². The van der Waals surface area contributed by atoms with Gasteiger partial charge >= 0.3 is 0 Å². The Hall–Kier alpha value is -2.36. The minimum absolute atomic E-state index is 0.494. The van der Waals surface area contributed by atoms with Crippen LogP contribution in [0, 0.1) is 0 Å². The Balaban J connectivity index is 1.25. The molecule has 2 aliphatic rings. The number of piperidine rings is 1. The second-order valence-electron chi connectivity index (χ2n) is 9.26. The first-order valence-electron chi connectivity index (χ1n) is 11.8. The highest BCUT2D eigenvalue weighted by molar-refractivity contribution is 6.30. The monoisotopic (exact) mass is 446 g/mol. The van der Waals surface area contributed by atoms with Crippen LogP contribution in [0.1, 0.15) is 58.7 Å². The summed E-state index contributed by atoms with van der Waals surface area (Å²) in [6.07, 6.45) is 9.03.